The first-order valence-electron chi connectivity index (χ1n) is 13.2. The van der Waals surface area contributed by atoms with Crippen LogP contribution in [-0.2, 0) is 10.4 Å². The van der Waals surface area contributed by atoms with Gasteiger partial charge < -0.3 is 5.11 Å². The van der Waals surface area contributed by atoms with Gasteiger partial charge in [0.15, 0.2) is 0 Å². The molecule has 3 fully saturated rings. The monoisotopic (exact) mass is 484 g/mol. The average molecular weight is 485 g/mol. The molecule has 7 atom stereocenters. The second-order valence-corrected chi connectivity index (χ2v) is 20.6. The topological polar surface area (TPSA) is 37.3 Å². The summed E-state index contributed by atoms with van der Waals surface area (Å²) in [5.74, 6) is 2.39. The van der Waals surface area contributed by atoms with E-state index in [1.807, 2.05) is 0 Å². The van der Waals surface area contributed by atoms with Gasteiger partial charge in [0, 0.05) is 22.3 Å². The molecule has 3 saturated carbocycles. The van der Waals surface area contributed by atoms with Crippen molar-refractivity contribution in [2.45, 2.75) is 109 Å². The minimum atomic E-state index is -1.76. The van der Waals surface area contributed by atoms with Crippen LogP contribution in [-0.4, -0.2) is 19.0 Å². The van der Waals surface area contributed by atoms with Gasteiger partial charge in [0.25, 0.3) is 0 Å². The predicted octanol–water partition coefficient (Wildman–Crippen LogP) is 7.96. The molecule has 0 amide bonds. The van der Waals surface area contributed by atoms with E-state index in [4.69, 9.17) is 0 Å². The largest absolute Gasteiger partial charge is 0.384 e. The molecular weight excluding hydrogens is 440 g/mol. The normalized spacial score (nSPS) is 43.5. The Labute approximate surface area is 206 Å². The second-order valence-electron chi connectivity index (χ2n) is 14.0. The molecule has 0 spiro atoms. The summed E-state index contributed by atoms with van der Waals surface area (Å²) in [5, 5.41) is 14.4. The summed E-state index contributed by atoms with van der Waals surface area (Å²) >= 11 is 1.73. The third-order valence-electron chi connectivity index (χ3n) is 11.9. The highest BCUT2D eigenvalue weighted by atomic mass is 32.1. The van der Waals surface area contributed by atoms with Gasteiger partial charge >= 0.3 is 0 Å². The summed E-state index contributed by atoms with van der Waals surface area (Å²) in [6.45, 7) is 16.9. The van der Waals surface area contributed by atoms with Gasteiger partial charge in [-0.15, -0.1) is 11.3 Å². The third-order valence-corrected chi connectivity index (χ3v) is 19.0. The van der Waals surface area contributed by atoms with E-state index in [-0.39, 0.29) is 21.4 Å². The Morgan fingerprint density at radius 1 is 1.12 bits per heavy atom. The van der Waals surface area contributed by atoms with Crippen molar-refractivity contribution in [1.29, 1.82) is 0 Å². The smallest absolute Gasteiger partial charge is 0.137 e. The molecule has 0 bridgehead atoms. The van der Waals surface area contributed by atoms with Gasteiger partial charge in [-0.1, -0.05) is 65.4 Å². The Balaban J connectivity index is 1.49. The Morgan fingerprint density at radius 3 is 2.45 bits per heavy atom. The summed E-state index contributed by atoms with van der Waals surface area (Å²) in [5.41, 5.74) is 1.16. The van der Waals surface area contributed by atoms with Crippen LogP contribution in [0.25, 0.3) is 0 Å². The van der Waals surface area contributed by atoms with Crippen molar-refractivity contribution in [2.75, 3.05) is 0 Å². The zero-order valence-corrected chi connectivity index (χ0v) is 23.6. The molecule has 4 aliphatic carbocycles. The van der Waals surface area contributed by atoms with Crippen molar-refractivity contribution >= 4 is 25.2 Å². The predicted molar refractivity (Wildman–Crippen MR) is 141 cm³/mol. The number of fused-ring (bicyclic) bond motifs is 5. The molecular formula is C29H44O2SSi. The number of Topliss-reactive ketones (excluding diaryl/α,β-unsaturated/α-hetero) is 1. The fraction of sp³-hybridized carbons (Fsp3) is 0.759. The zero-order chi connectivity index (χ0) is 24.0. The van der Waals surface area contributed by atoms with Crippen LogP contribution < -0.4 is 0 Å². The maximum atomic E-state index is 13.5. The van der Waals surface area contributed by atoms with Crippen LogP contribution in [0.5, 0.6) is 0 Å². The van der Waals surface area contributed by atoms with Crippen molar-refractivity contribution in [2.24, 2.45) is 28.6 Å². The number of rotatable bonds is 2. The van der Waals surface area contributed by atoms with Crippen LogP contribution in [0.2, 0.25) is 23.7 Å². The molecule has 1 aromatic heterocycles. The van der Waals surface area contributed by atoms with Crippen molar-refractivity contribution in [3.63, 3.8) is 0 Å². The second kappa shape index (κ2) is 7.40. The van der Waals surface area contributed by atoms with E-state index in [1.165, 1.54) is 16.9 Å². The van der Waals surface area contributed by atoms with Crippen LogP contribution >= 0.6 is 11.3 Å². The van der Waals surface area contributed by atoms with Gasteiger partial charge in [-0.25, -0.2) is 0 Å². The quantitative estimate of drug-likeness (QED) is 0.341. The number of carbonyl (C=O) groups excluding carboxylic acids is 1. The van der Waals surface area contributed by atoms with E-state index in [1.54, 1.807) is 11.3 Å². The van der Waals surface area contributed by atoms with Gasteiger partial charge in [-0.3, -0.25) is 4.79 Å². The van der Waals surface area contributed by atoms with E-state index in [0.29, 0.717) is 30.0 Å². The van der Waals surface area contributed by atoms with E-state index < -0.39 is 13.7 Å². The summed E-state index contributed by atoms with van der Waals surface area (Å²) in [7, 11) is -1.76. The SMILES string of the molecule is CC(C)(C)[Si](C)(C)C1C[C@@]2(C)C(=CC[C@@H]3[C@@H]2CC[C@@]2(C)[C@H]3CCC2(O)c2cccs2)CC1=O. The molecule has 0 aliphatic heterocycles. The maximum absolute atomic E-state index is 13.5. The van der Waals surface area contributed by atoms with Crippen molar-refractivity contribution in [3.8, 4) is 0 Å². The number of aliphatic hydroxyl groups is 1. The molecule has 1 aromatic rings. The molecule has 4 heteroatoms. The molecule has 0 aromatic carbocycles. The fourth-order valence-corrected chi connectivity index (χ4v) is 12.6. The molecule has 5 rings (SSSR count). The highest BCUT2D eigenvalue weighted by molar-refractivity contribution is 7.10. The Bertz CT molecular complexity index is 972. The van der Waals surface area contributed by atoms with Gasteiger partial charge in [0.2, 0.25) is 0 Å². The molecule has 4 aliphatic rings. The highest BCUT2D eigenvalue weighted by Crippen LogP contribution is 2.70. The highest BCUT2D eigenvalue weighted by Gasteiger charge is 2.65. The number of hydrogen-bond acceptors (Lipinski definition) is 3. The van der Waals surface area contributed by atoms with Crippen LogP contribution in [0.15, 0.2) is 29.2 Å². The molecule has 2 unspecified atom stereocenters. The molecule has 33 heavy (non-hydrogen) atoms. The molecule has 1 N–H and O–H groups in total. The van der Waals surface area contributed by atoms with Crippen LogP contribution in [0.1, 0.15) is 84.4 Å². The van der Waals surface area contributed by atoms with Crippen molar-refractivity contribution in [1.82, 2.24) is 0 Å². The minimum Gasteiger partial charge on any atom is -0.384 e. The van der Waals surface area contributed by atoms with Crippen LogP contribution in [0, 0.1) is 28.6 Å². The Morgan fingerprint density at radius 2 is 1.82 bits per heavy atom. The van der Waals surface area contributed by atoms with Gasteiger partial charge in [-0.05, 0) is 78.2 Å². The lowest BCUT2D eigenvalue weighted by Gasteiger charge is -2.60. The van der Waals surface area contributed by atoms with E-state index in [0.717, 1.165) is 32.1 Å². The molecule has 1 heterocycles. The first-order chi connectivity index (χ1) is 15.3. The number of carbonyl (C=O) groups is 1. The molecule has 2 nitrogen and oxygen atoms in total. The molecule has 182 valence electrons. The summed E-state index contributed by atoms with van der Waals surface area (Å²) in [6.07, 6.45) is 9.67. The molecule has 0 saturated heterocycles. The van der Waals surface area contributed by atoms with Crippen molar-refractivity contribution in [3.05, 3.63) is 34.0 Å². The van der Waals surface area contributed by atoms with Crippen LogP contribution in [0.4, 0.5) is 0 Å². The van der Waals surface area contributed by atoms with Gasteiger partial charge in [-0.2, -0.15) is 0 Å². The molecule has 0 radical (unpaired) electrons. The number of allylic oxidation sites excluding steroid dienone is 2. The Kier molecular flexibility index (Phi) is 5.38. The number of thiophene rings is 1. The third kappa shape index (κ3) is 3.15. The fourth-order valence-electron chi connectivity index (χ4n) is 8.68. The summed E-state index contributed by atoms with van der Waals surface area (Å²) in [6, 6.07) is 4.25. The standard InChI is InChI=1S/C29H44O2SSi/c1-26(2,3)33(6,7)24-18-27(4)19(17-23(24)30)10-11-20-21(27)12-14-28(5)22(20)13-15-29(28,31)25-9-8-16-32-25/h8-10,16,20-22,24,31H,11-15,17-18H2,1-7H3/t20-,21+,22+,24?,27+,28+,29?/m1/s1. The first kappa shape index (κ1) is 24.0. The van der Waals surface area contributed by atoms with Gasteiger partial charge in [0.1, 0.15) is 11.4 Å². The van der Waals surface area contributed by atoms with Gasteiger partial charge in [0.05, 0.1) is 8.07 Å². The zero-order valence-electron chi connectivity index (χ0n) is 21.8. The van der Waals surface area contributed by atoms with E-state index in [2.05, 4.69) is 71.3 Å². The average Bonchev–Trinajstić information content (AvgIpc) is 3.35. The first-order valence-corrected chi connectivity index (χ1v) is 17.2. The summed E-state index contributed by atoms with van der Waals surface area (Å²) in [4.78, 5) is 14.6. The lowest BCUT2D eigenvalue weighted by molar-refractivity contribution is -0.131. The Hall–Kier alpha value is -0.713. The summed E-state index contributed by atoms with van der Waals surface area (Å²) < 4.78 is 0. The van der Waals surface area contributed by atoms with Crippen molar-refractivity contribution < 1.29 is 9.90 Å². The minimum absolute atomic E-state index is 0.0377. The lowest BCUT2D eigenvalue weighted by Crippen LogP contribution is -2.56. The van der Waals surface area contributed by atoms with E-state index in [9.17, 15) is 9.90 Å². The number of ketones is 1. The number of hydrogen-bond donors (Lipinski definition) is 1. The maximum Gasteiger partial charge on any atom is 0.137 e. The van der Waals surface area contributed by atoms with Crippen LogP contribution in [0.3, 0.4) is 0 Å². The lowest BCUT2D eigenvalue weighted by atomic mass is 9.47. The van der Waals surface area contributed by atoms with E-state index >= 15 is 0 Å².